The first kappa shape index (κ1) is 14.2. The fraction of sp³-hybridized carbons (Fsp3) is 0.273. The molecular formula is C11H11Br2NO3. The zero-order valence-corrected chi connectivity index (χ0v) is 12.4. The van der Waals surface area contributed by atoms with Crippen molar-refractivity contribution in [2.75, 3.05) is 5.32 Å². The van der Waals surface area contributed by atoms with Crippen LogP contribution in [-0.4, -0.2) is 17.0 Å². The molecule has 1 rings (SSSR count). The van der Waals surface area contributed by atoms with E-state index in [9.17, 15) is 9.59 Å². The molecule has 0 fully saturated rings. The Balaban J connectivity index is 2.96. The van der Waals surface area contributed by atoms with E-state index in [2.05, 4.69) is 37.2 Å². The number of carboxylic acid groups (broad SMARTS) is 1. The normalized spacial score (nSPS) is 12.0. The molecule has 92 valence electrons. The number of amides is 1. The predicted molar refractivity (Wildman–Crippen MR) is 72.0 cm³/mol. The third-order valence-corrected chi connectivity index (χ3v) is 3.45. The molecule has 2 N–H and O–H groups in total. The van der Waals surface area contributed by atoms with E-state index in [0.717, 1.165) is 5.56 Å². The average Bonchev–Trinajstić information content (AvgIpc) is 2.21. The Morgan fingerprint density at radius 2 is 1.76 bits per heavy atom. The van der Waals surface area contributed by atoms with Crippen molar-refractivity contribution >= 4 is 49.4 Å². The SMILES string of the molecule is Cc1cc(Br)c(NC(=O)C(C)C(=O)O)c(Br)c1. The summed E-state index contributed by atoms with van der Waals surface area (Å²) in [5.74, 6) is -2.79. The van der Waals surface area contributed by atoms with Gasteiger partial charge in [0.1, 0.15) is 5.92 Å². The van der Waals surface area contributed by atoms with Gasteiger partial charge >= 0.3 is 5.97 Å². The quantitative estimate of drug-likeness (QED) is 0.809. The number of aliphatic carboxylic acids is 1. The number of carbonyl (C=O) groups is 2. The summed E-state index contributed by atoms with van der Waals surface area (Å²) < 4.78 is 1.41. The Morgan fingerprint density at radius 3 is 2.18 bits per heavy atom. The van der Waals surface area contributed by atoms with Crippen LogP contribution >= 0.6 is 31.9 Å². The molecule has 1 unspecified atom stereocenters. The van der Waals surface area contributed by atoms with E-state index in [0.29, 0.717) is 14.6 Å². The summed E-state index contributed by atoms with van der Waals surface area (Å²) in [5.41, 5.74) is 1.56. The molecule has 0 aliphatic carbocycles. The minimum Gasteiger partial charge on any atom is -0.481 e. The Bertz CT molecular complexity index is 451. The van der Waals surface area contributed by atoms with Gasteiger partial charge in [-0.1, -0.05) is 0 Å². The van der Waals surface area contributed by atoms with Crippen molar-refractivity contribution in [3.63, 3.8) is 0 Å². The third kappa shape index (κ3) is 3.54. The van der Waals surface area contributed by atoms with Gasteiger partial charge in [-0.25, -0.2) is 0 Å². The Labute approximate surface area is 116 Å². The topological polar surface area (TPSA) is 66.4 Å². The molecule has 1 atom stereocenters. The van der Waals surface area contributed by atoms with Crippen LogP contribution in [0.5, 0.6) is 0 Å². The van der Waals surface area contributed by atoms with Crippen molar-refractivity contribution in [2.45, 2.75) is 13.8 Å². The van der Waals surface area contributed by atoms with Crippen molar-refractivity contribution in [3.05, 3.63) is 26.6 Å². The number of anilines is 1. The van der Waals surface area contributed by atoms with Crippen LogP contribution in [0.25, 0.3) is 0 Å². The van der Waals surface area contributed by atoms with Crippen LogP contribution in [0.3, 0.4) is 0 Å². The minimum atomic E-state index is -1.15. The van der Waals surface area contributed by atoms with Gasteiger partial charge in [0.15, 0.2) is 0 Å². The van der Waals surface area contributed by atoms with E-state index in [1.807, 2.05) is 19.1 Å². The van der Waals surface area contributed by atoms with E-state index in [4.69, 9.17) is 5.11 Å². The van der Waals surface area contributed by atoms with Gasteiger partial charge in [0.25, 0.3) is 0 Å². The third-order valence-electron chi connectivity index (χ3n) is 2.20. The van der Waals surface area contributed by atoms with Crippen molar-refractivity contribution in [1.82, 2.24) is 0 Å². The van der Waals surface area contributed by atoms with Crippen LogP contribution in [-0.2, 0) is 9.59 Å². The summed E-state index contributed by atoms with van der Waals surface area (Å²) >= 11 is 6.64. The highest BCUT2D eigenvalue weighted by Crippen LogP contribution is 2.32. The summed E-state index contributed by atoms with van der Waals surface area (Å²) in [6, 6.07) is 3.68. The molecule has 0 aromatic heterocycles. The van der Waals surface area contributed by atoms with Gasteiger partial charge in [0.2, 0.25) is 5.91 Å². The smallest absolute Gasteiger partial charge is 0.315 e. The molecule has 6 heteroatoms. The predicted octanol–water partition coefficient (Wildman–Crippen LogP) is 3.18. The fourth-order valence-electron chi connectivity index (χ4n) is 1.16. The lowest BCUT2D eigenvalue weighted by Gasteiger charge is -2.12. The first-order valence-corrected chi connectivity index (χ1v) is 6.41. The molecule has 0 radical (unpaired) electrons. The van der Waals surface area contributed by atoms with E-state index in [1.165, 1.54) is 6.92 Å². The maximum Gasteiger partial charge on any atom is 0.315 e. The Hall–Kier alpha value is -0.880. The highest BCUT2D eigenvalue weighted by molar-refractivity contribution is 9.11. The Morgan fingerprint density at radius 1 is 1.29 bits per heavy atom. The number of benzene rings is 1. The molecule has 0 heterocycles. The molecule has 0 saturated heterocycles. The maximum atomic E-state index is 11.6. The largest absolute Gasteiger partial charge is 0.481 e. The number of hydrogen-bond acceptors (Lipinski definition) is 2. The van der Waals surface area contributed by atoms with Crippen molar-refractivity contribution < 1.29 is 14.7 Å². The number of nitrogens with one attached hydrogen (secondary N) is 1. The molecule has 1 aromatic carbocycles. The number of hydrogen-bond donors (Lipinski definition) is 2. The molecule has 0 aliphatic rings. The maximum absolute atomic E-state index is 11.6. The second-order valence-corrected chi connectivity index (χ2v) is 5.36. The van der Waals surface area contributed by atoms with Crippen LogP contribution in [0.1, 0.15) is 12.5 Å². The fourth-order valence-corrected chi connectivity index (χ4v) is 2.78. The molecule has 17 heavy (non-hydrogen) atoms. The van der Waals surface area contributed by atoms with E-state index in [1.54, 1.807) is 0 Å². The first-order valence-electron chi connectivity index (χ1n) is 4.82. The molecule has 1 amide bonds. The second-order valence-electron chi connectivity index (χ2n) is 3.65. The van der Waals surface area contributed by atoms with Crippen LogP contribution in [0.15, 0.2) is 21.1 Å². The molecule has 1 aromatic rings. The van der Waals surface area contributed by atoms with E-state index in [-0.39, 0.29) is 0 Å². The summed E-state index contributed by atoms with van der Waals surface area (Å²) in [6.45, 7) is 3.26. The number of carbonyl (C=O) groups excluding carboxylic acids is 1. The zero-order valence-electron chi connectivity index (χ0n) is 9.25. The van der Waals surface area contributed by atoms with Crippen molar-refractivity contribution in [2.24, 2.45) is 5.92 Å². The van der Waals surface area contributed by atoms with Crippen molar-refractivity contribution in [3.8, 4) is 0 Å². The lowest BCUT2D eigenvalue weighted by molar-refractivity contribution is -0.144. The molecule has 0 bridgehead atoms. The first-order chi connectivity index (χ1) is 7.82. The minimum absolute atomic E-state index is 0.536. The van der Waals surface area contributed by atoms with E-state index < -0.39 is 17.8 Å². The van der Waals surface area contributed by atoms with Gasteiger partial charge in [-0.3, -0.25) is 9.59 Å². The van der Waals surface area contributed by atoms with Gasteiger partial charge < -0.3 is 10.4 Å². The zero-order chi connectivity index (χ0) is 13.2. The number of aryl methyl sites for hydroxylation is 1. The summed E-state index contributed by atoms with van der Waals surface area (Å²) in [6.07, 6.45) is 0. The highest BCUT2D eigenvalue weighted by Gasteiger charge is 2.22. The molecule has 0 spiro atoms. The number of halogens is 2. The summed E-state index contributed by atoms with van der Waals surface area (Å²) in [4.78, 5) is 22.3. The van der Waals surface area contributed by atoms with Gasteiger partial charge in [-0.05, 0) is 63.4 Å². The number of carboxylic acids is 1. The lowest BCUT2D eigenvalue weighted by Crippen LogP contribution is -2.27. The summed E-state index contributed by atoms with van der Waals surface area (Å²) in [5, 5.41) is 11.3. The molecular weight excluding hydrogens is 354 g/mol. The van der Waals surface area contributed by atoms with Gasteiger partial charge in [0, 0.05) is 8.95 Å². The van der Waals surface area contributed by atoms with Gasteiger partial charge in [-0.2, -0.15) is 0 Å². The Kier molecular flexibility index (Phi) is 4.70. The lowest BCUT2D eigenvalue weighted by atomic mass is 10.1. The molecule has 0 saturated carbocycles. The van der Waals surface area contributed by atoms with Crippen molar-refractivity contribution in [1.29, 1.82) is 0 Å². The second kappa shape index (κ2) is 5.64. The summed E-state index contributed by atoms with van der Waals surface area (Å²) in [7, 11) is 0. The van der Waals surface area contributed by atoms with Crippen LogP contribution in [0, 0.1) is 12.8 Å². The molecule has 0 aliphatic heterocycles. The van der Waals surface area contributed by atoms with Crippen LogP contribution in [0.2, 0.25) is 0 Å². The van der Waals surface area contributed by atoms with Crippen LogP contribution < -0.4 is 5.32 Å². The standard InChI is InChI=1S/C11H11Br2NO3/c1-5-3-7(12)9(8(13)4-5)14-10(15)6(2)11(16)17/h3-4,6H,1-2H3,(H,14,15)(H,16,17). The highest BCUT2D eigenvalue weighted by atomic mass is 79.9. The van der Waals surface area contributed by atoms with E-state index >= 15 is 0 Å². The van der Waals surface area contributed by atoms with Gasteiger partial charge in [0.05, 0.1) is 5.69 Å². The van der Waals surface area contributed by atoms with Crippen LogP contribution in [0.4, 0.5) is 5.69 Å². The number of rotatable bonds is 3. The average molecular weight is 365 g/mol. The van der Waals surface area contributed by atoms with Gasteiger partial charge in [-0.15, -0.1) is 0 Å². The molecule has 4 nitrogen and oxygen atoms in total. The monoisotopic (exact) mass is 363 g/mol.